The monoisotopic (exact) mass is 180 g/mol. The second-order valence-electron chi connectivity index (χ2n) is 2.89. The van der Waals surface area contributed by atoms with Crippen molar-refractivity contribution in [3.8, 4) is 0 Å². The molecule has 0 aromatic carbocycles. The molecule has 1 aliphatic rings. The Kier molecular flexibility index (Phi) is 2.99. The Hall–Kier alpha value is -0.240. The first-order valence-electron chi connectivity index (χ1n) is 3.71. The standard InChI is InChI=1S/C6H13NO5/c7-3-5(10)4(9)2(1-8)12-6(3)11/h2-6,8-11H,1,7H2/p+1/t2?,3-,4+,5+,6?/m0/s1. The maximum absolute atomic E-state index is 9.25. The summed E-state index contributed by atoms with van der Waals surface area (Å²) in [6.45, 7) is -0.442. The van der Waals surface area contributed by atoms with Crippen molar-refractivity contribution in [2.24, 2.45) is 0 Å². The molecule has 0 aromatic heterocycles. The fourth-order valence-corrected chi connectivity index (χ4v) is 1.15. The summed E-state index contributed by atoms with van der Waals surface area (Å²) in [4.78, 5) is 0. The van der Waals surface area contributed by atoms with Crippen molar-refractivity contribution in [1.82, 2.24) is 0 Å². The lowest BCUT2D eigenvalue weighted by atomic mass is 9.98. The first kappa shape index (κ1) is 9.85. The van der Waals surface area contributed by atoms with E-state index in [1.807, 2.05) is 0 Å². The van der Waals surface area contributed by atoms with Gasteiger partial charge in [-0.2, -0.15) is 0 Å². The molecule has 0 aliphatic carbocycles. The van der Waals surface area contributed by atoms with Crippen LogP contribution in [0.25, 0.3) is 0 Å². The predicted octanol–water partition coefficient (Wildman–Crippen LogP) is -3.97. The maximum atomic E-state index is 9.25. The highest BCUT2D eigenvalue weighted by Crippen LogP contribution is 2.16. The number of aliphatic hydroxyl groups excluding tert-OH is 4. The van der Waals surface area contributed by atoms with Crippen molar-refractivity contribution >= 4 is 0 Å². The van der Waals surface area contributed by atoms with E-state index in [1.165, 1.54) is 0 Å². The van der Waals surface area contributed by atoms with Crippen molar-refractivity contribution in [3.63, 3.8) is 0 Å². The van der Waals surface area contributed by atoms with E-state index in [1.54, 1.807) is 0 Å². The Morgan fingerprint density at radius 2 is 1.75 bits per heavy atom. The van der Waals surface area contributed by atoms with Gasteiger partial charge in [0.25, 0.3) is 0 Å². The van der Waals surface area contributed by atoms with Crippen LogP contribution in [0.2, 0.25) is 0 Å². The van der Waals surface area contributed by atoms with Crippen LogP contribution in [0.15, 0.2) is 0 Å². The number of quaternary nitrogens is 1. The van der Waals surface area contributed by atoms with Gasteiger partial charge in [0, 0.05) is 0 Å². The smallest absolute Gasteiger partial charge is 0.211 e. The molecule has 0 saturated carbocycles. The molecule has 7 N–H and O–H groups in total. The molecule has 0 amide bonds. The summed E-state index contributed by atoms with van der Waals surface area (Å²) in [5.41, 5.74) is 3.41. The van der Waals surface area contributed by atoms with Crippen LogP contribution in [-0.2, 0) is 4.74 Å². The van der Waals surface area contributed by atoms with E-state index in [0.29, 0.717) is 0 Å². The van der Waals surface area contributed by atoms with Gasteiger partial charge < -0.3 is 30.9 Å². The third-order valence-corrected chi connectivity index (χ3v) is 2.03. The first-order valence-corrected chi connectivity index (χ1v) is 3.71. The largest absolute Gasteiger partial charge is 0.394 e. The van der Waals surface area contributed by atoms with Crippen molar-refractivity contribution in [1.29, 1.82) is 0 Å². The summed E-state index contributed by atoms with van der Waals surface area (Å²) in [5, 5.41) is 36.3. The SMILES string of the molecule is [NH3+][C@@H]1C(O)OC(CO)[C@@H](O)[C@@H]1O. The topological polar surface area (TPSA) is 118 Å². The molecule has 72 valence electrons. The van der Waals surface area contributed by atoms with E-state index in [0.717, 1.165) is 0 Å². The Labute approximate surface area is 69.2 Å². The van der Waals surface area contributed by atoms with Crippen molar-refractivity contribution in [3.05, 3.63) is 0 Å². The zero-order chi connectivity index (χ0) is 9.30. The molecule has 1 fully saturated rings. The van der Waals surface area contributed by atoms with Gasteiger partial charge in [0.15, 0.2) is 6.04 Å². The number of aliphatic hydroxyl groups is 4. The molecule has 1 heterocycles. The van der Waals surface area contributed by atoms with Gasteiger partial charge >= 0.3 is 0 Å². The van der Waals surface area contributed by atoms with Crippen molar-refractivity contribution in [2.45, 2.75) is 30.6 Å². The highest BCUT2D eigenvalue weighted by atomic mass is 16.6. The molecule has 1 rings (SSSR count). The molecule has 1 aliphatic heterocycles. The molecule has 12 heavy (non-hydrogen) atoms. The number of hydrogen-bond acceptors (Lipinski definition) is 5. The second-order valence-corrected chi connectivity index (χ2v) is 2.89. The predicted molar refractivity (Wildman–Crippen MR) is 36.7 cm³/mol. The van der Waals surface area contributed by atoms with E-state index < -0.39 is 37.3 Å². The first-order chi connectivity index (χ1) is 5.57. The number of hydrogen-bond donors (Lipinski definition) is 5. The Bertz CT molecular complexity index is 150. The van der Waals surface area contributed by atoms with Gasteiger partial charge in [-0.15, -0.1) is 0 Å². The molecule has 5 atom stereocenters. The van der Waals surface area contributed by atoms with Gasteiger partial charge in [0.2, 0.25) is 6.29 Å². The lowest BCUT2D eigenvalue weighted by molar-refractivity contribution is -0.497. The fraction of sp³-hybridized carbons (Fsp3) is 1.00. The van der Waals surface area contributed by atoms with Gasteiger partial charge in [-0.1, -0.05) is 0 Å². The van der Waals surface area contributed by atoms with Crippen LogP contribution in [-0.4, -0.2) is 57.7 Å². The summed E-state index contributed by atoms with van der Waals surface area (Å²) < 4.78 is 4.76. The van der Waals surface area contributed by atoms with Crippen molar-refractivity contribution < 1.29 is 30.9 Å². The Morgan fingerprint density at radius 3 is 2.25 bits per heavy atom. The van der Waals surface area contributed by atoms with E-state index in [4.69, 9.17) is 14.9 Å². The highest BCUT2D eigenvalue weighted by Gasteiger charge is 2.43. The van der Waals surface area contributed by atoms with Crippen molar-refractivity contribution in [2.75, 3.05) is 6.61 Å². The molecule has 6 heteroatoms. The van der Waals surface area contributed by atoms with E-state index >= 15 is 0 Å². The van der Waals surface area contributed by atoms with Crippen LogP contribution in [0.3, 0.4) is 0 Å². The van der Waals surface area contributed by atoms with E-state index in [-0.39, 0.29) is 0 Å². The minimum Gasteiger partial charge on any atom is -0.394 e. The molecule has 0 aromatic rings. The van der Waals surface area contributed by atoms with Gasteiger partial charge in [-0.05, 0) is 0 Å². The molecule has 1 saturated heterocycles. The zero-order valence-corrected chi connectivity index (χ0v) is 6.50. The highest BCUT2D eigenvalue weighted by molar-refractivity contribution is 4.87. The van der Waals surface area contributed by atoms with Crippen LogP contribution in [0.4, 0.5) is 0 Å². The van der Waals surface area contributed by atoms with Gasteiger partial charge in [-0.25, -0.2) is 0 Å². The normalized spacial score (nSPS) is 49.2. The Morgan fingerprint density at radius 1 is 1.17 bits per heavy atom. The third-order valence-electron chi connectivity index (χ3n) is 2.03. The van der Waals surface area contributed by atoms with Crippen LogP contribution in [0.1, 0.15) is 0 Å². The lowest BCUT2D eigenvalue weighted by Crippen LogP contribution is -2.77. The molecule has 0 radical (unpaired) electrons. The second kappa shape index (κ2) is 3.65. The van der Waals surface area contributed by atoms with Crippen LogP contribution in [0.5, 0.6) is 0 Å². The summed E-state index contributed by atoms with van der Waals surface area (Å²) in [5.74, 6) is 0. The quantitative estimate of drug-likeness (QED) is 0.282. The van der Waals surface area contributed by atoms with Gasteiger partial charge in [0.05, 0.1) is 6.61 Å². The van der Waals surface area contributed by atoms with Gasteiger partial charge in [-0.3, -0.25) is 0 Å². The molecular weight excluding hydrogens is 166 g/mol. The summed E-state index contributed by atoms with van der Waals surface area (Å²) in [7, 11) is 0. The zero-order valence-electron chi connectivity index (χ0n) is 6.50. The molecule has 0 bridgehead atoms. The third kappa shape index (κ3) is 1.58. The van der Waals surface area contributed by atoms with Crippen LogP contribution in [0, 0.1) is 0 Å². The van der Waals surface area contributed by atoms with Gasteiger partial charge in [0.1, 0.15) is 18.3 Å². The number of rotatable bonds is 1. The molecular formula is C6H14NO5+. The molecule has 0 spiro atoms. The van der Waals surface area contributed by atoms with E-state index in [9.17, 15) is 10.2 Å². The van der Waals surface area contributed by atoms with E-state index in [2.05, 4.69) is 5.73 Å². The minimum absolute atomic E-state index is 0.442. The minimum atomic E-state index is -1.24. The number of ether oxygens (including phenoxy) is 1. The summed E-state index contributed by atoms with van der Waals surface area (Å²) in [6.07, 6.45) is -4.53. The maximum Gasteiger partial charge on any atom is 0.211 e. The Balaban J connectivity index is 2.63. The summed E-state index contributed by atoms with van der Waals surface area (Å²) >= 11 is 0. The van der Waals surface area contributed by atoms with Crippen LogP contribution < -0.4 is 5.73 Å². The van der Waals surface area contributed by atoms with Crippen LogP contribution >= 0.6 is 0 Å². The average Bonchev–Trinajstić information content (AvgIpc) is 2.08. The average molecular weight is 180 g/mol. The fourth-order valence-electron chi connectivity index (χ4n) is 1.15. The summed E-state index contributed by atoms with van der Waals surface area (Å²) in [6, 6.07) is -0.789. The lowest BCUT2D eigenvalue weighted by Gasteiger charge is -2.36. The molecule has 6 nitrogen and oxygen atoms in total. The molecule has 2 unspecified atom stereocenters.